The zero-order valence-electron chi connectivity index (χ0n) is 13.6. The first-order chi connectivity index (χ1) is 12.7. The molecule has 0 spiro atoms. The Bertz CT molecular complexity index is 1110. The average Bonchev–Trinajstić information content (AvgIpc) is 2.70. The normalized spacial score (nSPS) is 10.7. The molecule has 0 bridgehead atoms. The van der Waals surface area contributed by atoms with Crippen LogP contribution in [0.5, 0.6) is 0 Å². The van der Waals surface area contributed by atoms with Gasteiger partial charge in [0.2, 0.25) is 5.43 Å². The smallest absolute Gasteiger partial charge is 0.209 e. The molecule has 0 saturated heterocycles. The summed E-state index contributed by atoms with van der Waals surface area (Å²) >= 11 is 0. The van der Waals surface area contributed by atoms with Crippen LogP contribution >= 0.6 is 0 Å². The lowest BCUT2D eigenvalue weighted by Gasteiger charge is -2.08. The van der Waals surface area contributed by atoms with Gasteiger partial charge in [0.1, 0.15) is 5.82 Å². The highest BCUT2D eigenvalue weighted by atomic mass is 19.1. The second-order valence-electron chi connectivity index (χ2n) is 5.58. The van der Waals surface area contributed by atoms with Crippen molar-refractivity contribution in [2.45, 2.75) is 0 Å². The van der Waals surface area contributed by atoms with Crippen LogP contribution in [-0.4, -0.2) is 19.7 Å². The third-order valence-electron chi connectivity index (χ3n) is 3.83. The molecule has 4 aromatic rings. The summed E-state index contributed by atoms with van der Waals surface area (Å²) in [5.41, 5.74) is 1.88. The van der Waals surface area contributed by atoms with E-state index in [2.05, 4.69) is 15.1 Å². The molecule has 0 unspecified atom stereocenters. The van der Waals surface area contributed by atoms with E-state index in [1.807, 2.05) is 30.3 Å². The maximum absolute atomic E-state index is 13.1. The van der Waals surface area contributed by atoms with Gasteiger partial charge >= 0.3 is 0 Å². The topological polar surface area (TPSA) is 60.7 Å². The minimum Gasteiger partial charge on any atom is -0.287 e. The van der Waals surface area contributed by atoms with Crippen molar-refractivity contribution in [3.05, 3.63) is 95.2 Å². The fourth-order valence-corrected chi connectivity index (χ4v) is 2.54. The van der Waals surface area contributed by atoms with E-state index < -0.39 is 0 Å². The van der Waals surface area contributed by atoms with E-state index >= 15 is 0 Å². The molecule has 0 atom stereocenters. The van der Waals surface area contributed by atoms with Crippen molar-refractivity contribution in [1.29, 1.82) is 0 Å². The van der Waals surface area contributed by atoms with Crippen molar-refractivity contribution >= 4 is 0 Å². The monoisotopic (exact) mass is 344 g/mol. The lowest BCUT2D eigenvalue weighted by atomic mass is 10.2. The molecule has 2 heterocycles. The Hall–Kier alpha value is -3.67. The fourth-order valence-electron chi connectivity index (χ4n) is 2.54. The summed E-state index contributed by atoms with van der Waals surface area (Å²) in [5, 5.41) is 4.37. The summed E-state index contributed by atoms with van der Waals surface area (Å²) < 4.78 is 14.6. The lowest BCUT2D eigenvalue weighted by Crippen LogP contribution is -2.13. The van der Waals surface area contributed by atoms with Crippen LogP contribution in [0.1, 0.15) is 0 Å². The van der Waals surface area contributed by atoms with Gasteiger partial charge in [-0.15, -0.1) is 0 Å². The van der Waals surface area contributed by atoms with E-state index in [1.54, 1.807) is 30.6 Å². The fraction of sp³-hybridized carbons (Fsp3) is 0. The van der Waals surface area contributed by atoms with Crippen LogP contribution in [0.3, 0.4) is 0 Å². The molecule has 0 radical (unpaired) electrons. The molecule has 0 saturated carbocycles. The minimum absolute atomic E-state index is 0.205. The molecule has 2 aromatic carbocycles. The van der Waals surface area contributed by atoms with E-state index in [-0.39, 0.29) is 16.9 Å². The summed E-state index contributed by atoms with van der Waals surface area (Å²) in [6.45, 7) is 0. The number of aromatic nitrogens is 4. The molecule has 0 fully saturated rings. The van der Waals surface area contributed by atoms with Crippen LogP contribution in [0.15, 0.2) is 83.9 Å². The van der Waals surface area contributed by atoms with E-state index in [0.29, 0.717) is 17.2 Å². The molecule has 2 aromatic heterocycles. The largest absolute Gasteiger partial charge is 0.287 e. The highest BCUT2D eigenvalue weighted by Gasteiger charge is 2.10. The molecule has 0 aliphatic heterocycles. The molecule has 126 valence electrons. The van der Waals surface area contributed by atoms with Gasteiger partial charge < -0.3 is 0 Å². The highest BCUT2D eigenvalue weighted by molar-refractivity contribution is 5.60. The molecular formula is C20H13FN4O. The van der Waals surface area contributed by atoms with Crippen molar-refractivity contribution in [1.82, 2.24) is 19.7 Å². The summed E-state index contributed by atoms with van der Waals surface area (Å²) in [5.74, 6) is 0.180. The van der Waals surface area contributed by atoms with Gasteiger partial charge in [0.25, 0.3) is 0 Å². The van der Waals surface area contributed by atoms with Crippen LogP contribution in [0.4, 0.5) is 4.39 Å². The van der Waals surface area contributed by atoms with Gasteiger partial charge in [-0.25, -0.2) is 19.0 Å². The van der Waals surface area contributed by atoms with Gasteiger partial charge in [-0.1, -0.05) is 30.3 Å². The summed E-state index contributed by atoms with van der Waals surface area (Å²) in [4.78, 5) is 21.1. The molecule has 0 N–H and O–H groups in total. The number of rotatable bonds is 3. The highest BCUT2D eigenvalue weighted by Crippen LogP contribution is 2.17. The van der Waals surface area contributed by atoms with E-state index in [4.69, 9.17) is 0 Å². The number of hydrogen-bond acceptors (Lipinski definition) is 4. The van der Waals surface area contributed by atoms with Gasteiger partial charge in [0.15, 0.2) is 11.5 Å². The van der Waals surface area contributed by atoms with Crippen LogP contribution in [0, 0.1) is 5.82 Å². The van der Waals surface area contributed by atoms with E-state index in [9.17, 15) is 9.18 Å². The number of nitrogens with zero attached hydrogens (tertiary/aromatic N) is 4. The van der Waals surface area contributed by atoms with Gasteiger partial charge in [0.05, 0.1) is 11.4 Å². The Morgan fingerprint density at radius 2 is 1.65 bits per heavy atom. The quantitative estimate of drug-likeness (QED) is 0.571. The predicted molar refractivity (Wildman–Crippen MR) is 96.3 cm³/mol. The number of halogens is 1. The Labute approximate surface area is 148 Å². The Morgan fingerprint density at radius 3 is 2.42 bits per heavy atom. The average molecular weight is 344 g/mol. The summed E-state index contributed by atoms with van der Waals surface area (Å²) in [6, 6.07) is 18.4. The molecule has 26 heavy (non-hydrogen) atoms. The van der Waals surface area contributed by atoms with E-state index in [1.165, 1.54) is 22.9 Å². The molecule has 0 aliphatic rings. The summed E-state index contributed by atoms with van der Waals surface area (Å²) in [7, 11) is 0. The van der Waals surface area contributed by atoms with Crippen LogP contribution in [0.2, 0.25) is 0 Å². The van der Waals surface area contributed by atoms with Crippen molar-refractivity contribution in [2.24, 2.45) is 0 Å². The van der Waals surface area contributed by atoms with Crippen molar-refractivity contribution < 1.29 is 4.39 Å². The van der Waals surface area contributed by atoms with Crippen LogP contribution < -0.4 is 5.43 Å². The minimum atomic E-state index is -0.335. The second kappa shape index (κ2) is 6.68. The molecule has 0 amide bonds. The van der Waals surface area contributed by atoms with Gasteiger partial charge in [0, 0.05) is 24.0 Å². The third kappa shape index (κ3) is 3.12. The van der Waals surface area contributed by atoms with Crippen molar-refractivity contribution in [2.75, 3.05) is 0 Å². The molecule has 5 nitrogen and oxygen atoms in total. The van der Waals surface area contributed by atoms with Gasteiger partial charge in [-0.2, -0.15) is 5.10 Å². The molecular weight excluding hydrogens is 331 g/mol. The SMILES string of the molecule is O=c1ccn(-c2ccc(F)cc2)nc1-c1ccnc(-c2ccccc2)n1. The number of hydrogen-bond donors (Lipinski definition) is 0. The first kappa shape index (κ1) is 15.8. The van der Waals surface area contributed by atoms with Crippen molar-refractivity contribution in [3.63, 3.8) is 0 Å². The summed E-state index contributed by atoms with van der Waals surface area (Å²) in [6.07, 6.45) is 3.14. The van der Waals surface area contributed by atoms with E-state index in [0.717, 1.165) is 5.56 Å². The maximum atomic E-state index is 13.1. The Kier molecular flexibility index (Phi) is 4.07. The lowest BCUT2D eigenvalue weighted by molar-refractivity contribution is 0.627. The molecule has 4 rings (SSSR count). The first-order valence-corrected chi connectivity index (χ1v) is 7.95. The Morgan fingerprint density at radius 1 is 0.885 bits per heavy atom. The van der Waals surface area contributed by atoms with Gasteiger partial charge in [-0.3, -0.25) is 4.79 Å². The zero-order valence-corrected chi connectivity index (χ0v) is 13.6. The maximum Gasteiger partial charge on any atom is 0.209 e. The second-order valence-corrected chi connectivity index (χ2v) is 5.58. The zero-order chi connectivity index (χ0) is 17.9. The number of benzene rings is 2. The Balaban J connectivity index is 1.80. The third-order valence-corrected chi connectivity index (χ3v) is 3.83. The predicted octanol–water partition coefficient (Wildman–Crippen LogP) is 3.50. The van der Waals surface area contributed by atoms with Crippen LogP contribution in [-0.2, 0) is 0 Å². The first-order valence-electron chi connectivity index (χ1n) is 7.95. The standard InChI is InChI=1S/C20H13FN4O/c21-15-6-8-16(9-7-15)25-13-11-18(26)19(24-25)17-10-12-22-20(23-17)14-4-2-1-3-5-14/h1-13H. The van der Waals surface area contributed by atoms with Crippen LogP contribution in [0.25, 0.3) is 28.5 Å². The van der Waals surface area contributed by atoms with Gasteiger partial charge in [-0.05, 0) is 30.3 Å². The molecule has 0 aliphatic carbocycles. The molecule has 6 heteroatoms. The van der Waals surface area contributed by atoms with Crippen molar-refractivity contribution in [3.8, 4) is 28.5 Å².